The number of hydrogen-bond acceptors (Lipinski definition) is 1. The van der Waals surface area contributed by atoms with Crippen molar-refractivity contribution >= 4 is 15.9 Å². The molecule has 1 aromatic carbocycles. The third-order valence-electron chi connectivity index (χ3n) is 1.75. The van der Waals surface area contributed by atoms with Crippen LogP contribution >= 0.6 is 15.9 Å². The summed E-state index contributed by atoms with van der Waals surface area (Å²) in [5.41, 5.74) is 6.58. The Hall–Kier alpha value is -0.410. The number of nitrogens with two attached hydrogens (primary N) is 1. The predicted octanol–water partition coefficient (Wildman–Crippen LogP) is 3.00. The van der Waals surface area contributed by atoms with Gasteiger partial charge >= 0.3 is 0 Å². The van der Waals surface area contributed by atoms with Crippen LogP contribution in [0.25, 0.3) is 0 Å². The summed E-state index contributed by atoms with van der Waals surface area (Å²) in [6, 6.07) is 4.67. The monoisotopic (exact) mass is 231 g/mol. The van der Waals surface area contributed by atoms with Crippen LogP contribution in [-0.2, 0) is 0 Å². The van der Waals surface area contributed by atoms with E-state index < -0.39 is 0 Å². The quantitative estimate of drug-likeness (QED) is 0.833. The van der Waals surface area contributed by atoms with Crippen molar-refractivity contribution in [2.75, 3.05) is 0 Å². The van der Waals surface area contributed by atoms with E-state index in [0.717, 1.165) is 16.5 Å². The standard InChI is InChI=1S/C9H11BrFN/c1-2-9(12)6-3-7(10)5-8(11)4-6/h3-5,9H,2,12H2,1H3/t9-/m0/s1. The maximum absolute atomic E-state index is 12.8. The highest BCUT2D eigenvalue weighted by Gasteiger charge is 2.05. The minimum Gasteiger partial charge on any atom is -0.324 e. The topological polar surface area (TPSA) is 26.0 Å². The van der Waals surface area contributed by atoms with Crippen LogP contribution in [0.5, 0.6) is 0 Å². The highest BCUT2D eigenvalue weighted by molar-refractivity contribution is 9.10. The van der Waals surface area contributed by atoms with Crippen LogP contribution in [-0.4, -0.2) is 0 Å². The Morgan fingerprint density at radius 3 is 2.67 bits per heavy atom. The summed E-state index contributed by atoms with van der Waals surface area (Å²) in [5, 5.41) is 0. The molecule has 0 aliphatic heterocycles. The minimum absolute atomic E-state index is 0.0722. The van der Waals surface area contributed by atoms with Gasteiger partial charge < -0.3 is 5.73 Å². The van der Waals surface area contributed by atoms with Crippen molar-refractivity contribution in [2.45, 2.75) is 19.4 Å². The van der Waals surface area contributed by atoms with Gasteiger partial charge in [-0.15, -0.1) is 0 Å². The van der Waals surface area contributed by atoms with E-state index >= 15 is 0 Å². The Bertz CT molecular complexity index is 255. The molecular weight excluding hydrogens is 221 g/mol. The summed E-state index contributed by atoms with van der Waals surface area (Å²) >= 11 is 3.21. The fourth-order valence-electron chi connectivity index (χ4n) is 1.02. The molecule has 0 heterocycles. The van der Waals surface area contributed by atoms with Crippen molar-refractivity contribution in [3.8, 4) is 0 Å². The fourth-order valence-corrected chi connectivity index (χ4v) is 1.51. The Balaban J connectivity index is 3.00. The first-order chi connectivity index (χ1) is 5.63. The molecule has 0 saturated carbocycles. The molecule has 1 atom stereocenters. The maximum Gasteiger partial charge on any atom is 0.124 e. The zero-order valence-electron chi connectivity index (χ0n) is 6.85. The van der Waals surface area contributed by atoms with E-state index in [1.54, 1.807) is 0 Å². The molecule has 1 rings (SSSR count). The zero-order valence-corrected chi connectivity index (χ0v) is 8.44. The zero-order chi connectivity index (χ0) is 9.14. The SMILES string of the molecule is CC[C@H](N)c1cc(F)cc(Br)c1. The van der Waals surface area contributed by atoms with Crippen LogP contribution in [0.4, 0.5) is 4.39 Å². The van der Waals surface area contributed by atoms with Crippen molar-refractivity contribution in [1.29, 1.82) is 0 Å². The van der Waals surface area contributed by atoms with E-state index in [-0.39, 0.29) is 11.9 Å². The van der Waals surface area contributed by atoms with Gasteiger partial charge in [-0.2, -0.15) is 0 Å². The van der Waals surface area contributed by atoms with E-state index in [2.05, 4.69) is 15.9 Å². The van der Waals surface area contributed by atoms with Gasteiger partial charge in [0.15, 0.2) is 0 Å². The molecule has 0 radical (unpaired) electrons. The normalized spacial score (nSPS) is 13.0. The molecule has 3 heteroatoms. The molecular formula is C9H11BrFN. The highest BCUT2D eigenvalue weighted by Crippen LogP contribution is 2.20. The van der Waals surface area contributed by atoms with Gasteiger partial charge in [0.25, 0.3) is 0 Å². The van der Waals surface area contributed by atoms with Crippen LogP contribution in [0.1, 0.15) is 24.9 Å². The Morgan fingerprint density at radius 2 is 2.17 bits per heavy atom. The lowest BCUT2D eigenvalue weighted by molar-refractivity contribution is 0.615. The first kappa shape index (κ1) is 9.68. The number of rotatable bonds is 2. The van der Waals surface area contributed by atoms with Crippen LogP contribution in [0, 0.1) is 5.82 Å². The van der Waals surface area contributed by atoms with Gasteiger partial charge in [0.2, 0.25) is 0 Å². The first-order valence-electron chi connectivity index (χ1n) is 3.85. The molecule has 0 fully saturated rings. The second-order valence-electron chi connectivity index (χ2n) is 2.72. The molecule has 0 amide bonds. The van der Waals surface area contributed by atoms with Gasteiger partial charge in [0.05, 0.1) is 0 Å². The summed E-state index contributed by atoms with van der Waals surface area (Å²) in [4.78, 5) is 0. The third-order valence-corrected chi connectivity index (χ3v) is 2.21. The van der Waals surface area contributed by atoms with Crippen LogP contribution in [0.3, 0.4) is 0 Å². The van der Waals surface area contributed by atoms with Crippen molar-refractivity contribution in [3.05, 3.63) is 34.1 Å². The highest BCUT2D eigenvalue weighted by atomic mass is 79.9. The summed E-state index contributed by atoms with van der Waals surface area (Å²) < 4.78 is 13.6. The summed E-state index contributed by atoms with van der Waals surface area (Å²) in [6.07, 6.45) is 0.815. The van der Waals surface area contributed by atoms with Crippen molar-refractivity contribution in [1.82, 2.24) is 0 Å². The molecule has 2 N–H and O–H groups in total. The second kappa shape index (κ2) is 4.01. The fraction of sp³-hybridized carbons (Fsp3) is 0.333. The molecule has 1 aromatic rings. The average molecular weight is 232 g/mol. The van der Waals surface area contributed by atoms with E-state index in [1.807, 2.05) is 13.0 Å². The molecule has 66 valence electrons. The molecule has 12 heavy (non-hydrogen) atoms. The molecule has 0 unspecified atom stereocenters. The number of hydrogen-bond donors (Lipinski definition) is 1. The minimum atomic E-state index is -0.247. The van der Waals surface area contributed by atoms with Crippen molar-refractivity contribution in [2.24, 2.45) is 5.73 Å². The number of halogens is 2. The van der Waals surface area contributed by atoms with E-state index in [9.17, 15) is 4.39 Å². The summed E-state index contributed by atoms with van der Waals surface area (Å²) in [7, 11) is 0. The molecule has 0 saturated heterocycles. The second-order valence-corrected chi connectivity index (χ2v) is 3.63. The summed E-state index contributed by atoms with van der Waals surface area (Å²) in [5.74, 6) is -0.247. The van der Waals surface area contributed by atoms with E-state index in [4.69, 9.17) is 5.73 Å². The van der Waals surface area contributed by atoms with E-state index in [0.29, 0.717) is 0 Å². The molecule has 0 aliphatic rings. The smallest absolute Gasteiger partial charge is 0.124 e. The first-order valence-corrected chi connectivity index (χ1v) is 4.64. The third kappa shape index (κ3) is 2.29. The molecule has 0 aliphatic carbocycles. The Morgan fingerprint density at radius 1 is 1.50 bits per heavy atom. The van der Waals surface area contributed by atoms with Crippen molar-refractivity contribution < 1.29 is 4.39 Å². The van der Waals surface area contributed by atoms with Crippen LogP contribution in [0.15, 0.2) is 22.7 Å². The average Bonchev–Trinajstić information content (AvgIpc) is 2.01. The lowest BCUT2D eigenvalue weighted by Crippen LogP contribution is -2.08. The van der Waals surface area contributed by atoms with Gasteiger partial charge in [-0.05, 0) is 30.2 Å². The molecule has 0 bridgehead atoms. The summed E-state index contributed by atoms with van der Waals surface area (Å²) in [6.45, 7) is 1.98. The predicted molar refractivity (Wildman–Crippen MR) is 51.3 cm³/mol. The lowest BCUT2D eigenvalue weighted by Gasteiger charge is -2.09. The van der Waals surface area contributed by atoms with Gasteiger partial charge in [-0.3, -0.25) is 0 Å². The van der Waals surface area contributed by atoms with Crippen molar-refractivity contribution in [3.63, 3.8) is 0 Å². The Kier molecular flexibility index (Phi) is 3.23. The van der Waals surface area contributed by atoms with Gasteiger partial charge in [-0.1, -0.05) is 22.9 Å². The molecule has 1 nitrogen and oxygen atoms in total. The lowest BCUT2D eigenvalue weighted by atomic mass is 10.1. The number of benzene rings is 1. The van der Waals surface area contributed by atoms with E-state index in [1.165, 1.54) is 12.1 Å². The molecule has 0 spiro atoms. The van der Waals surface area contributed by atoms with Gasteiger partial charge in [0.1, 0.15) is 5.82 Å². The Labute approximate surface area is 79.9 Å². The maximum atomic E-state index is 12.8. The van der Waals surface area contributed by atoms with Crippen LogP contribution in [0.2, 0.25) is 0 Å². The van der Waals surface area contributed by atoms with Gasteiger partial charge in [0, 0.05) is 10.5 Å². The van der Waals surface area contributed by atoms with Crippen LogP contribution < -0.4 is 5.73 Å². The largest absolute Gasteiger partial charge is 0.324 e. The van der Waals surface area contributed by atoms with Gasteiger partial charge in [-0.25, -0.2) is 4.39 Å². The molecule has 0 aromatic heterocycles.